The number of halogens is 1. The molecule has 3 rings (SSSR count). The maximum Gasteiger partial charge on any atom is 0.217 e. The van der Waals surface area contributed by atoms with Gasteiger partial charge in [-0.2, -0.15) is 0 Å². The van der Waals surface area contributed by atoms with Crippen LogP contribution >= 0.6 is 27.7 Å². The Morgan fingerprint density at radius 3 is 2.55 bits per heavy atom. The maximum atomic E-state index is 5.47. The summed E-state index contributed by atoms with van der Waals surface area (Å²) in [7, 11) is 1.67. The average molecular weight is 374 g/mol. The molecule has 3 aromatic rings. The van der Waals surface area contributed by atoms with Crippen LogP contribution < -0.4 is 4.74 Å². The van der Waals surface area contributed by atoms with Crippen LogP contribution in [0, 0.1) is 0 Å². The third-order valence-electron chi connectivity index (χ3n) is 3.56. The summed E-state index contributed by atoms with van der Waals surface area (Å²) in [6.45, 7) is 0. The van der Waals surface area contributed by atoms with E-state index in [1.807, 2.05) is 12.1 Å². The molecule has 0 aliphatic heterocycles. The molecule has 0 spiro atoms. The Morgan fingerprint density at radius 1 is 1.09 bits per heavy atom. The lowest BCUT2D eigenvalue weighted by molar-refractivity contribution is 0.395. The lowest BCUT2D eigenvalue weighted by Gasteiger charge is -2.10. The molecule has 4 heteroatoms. The van der Waals surface area contributed by atoms with Crippen molar-refractivity contribution in [2.24, 2.45) is 0 Å². The standard InChI is InChI=1S/C18H16BrNOS/c1-21-18-14(9-12-3-6-16(22-2)7-4-12)10-13-11-15(19)5-8-17(13)20-18/h3-8,10-11H,9H2,1-2H3. The second-order valence-electron chi connectivity index (χ2n) is 5.02. The average Bonchev–Trinajstić information content (AvgIpc) is 2.55. The molecule has 22 heavy (non-hydrogen) atoms. The van der Waals surface area contributed by atoms with Crippen LogP contribution in [-0.2, 0) is 6.42 Å². The molecular formula is C18H16BrNOS. The van der Waals surface area contributed by atoms with Crippen molar-refractivity contribution in [1.29, 1.82) is 0 Å². The highest BCUT2D eigenvalue weighted by molar-refractivity contribution is 9.10. The van der Waals surface area contributed by atoms with Crippen molar-refractivity contribution >= 4 is 38.6 Å². The molecular weight excluding hydrogens is 358 g/mol. The number of fused-ring (bicyclic) bond motifs is 1. The molecule has 0 unspecified atom stereocenters. The first-order valence-corrected chi connectivity index (χ1v) is 8.97. The van der Waals surface area contributed by atoms with Gasteiger partial charge in [-0.25, -0.2) is 4.98 Å². The van der Waals surface area contributed by atoms with Crippen LogP contribution in [0.25, 0.3) is 10.9 Å². The van der Waals surface area contributed by atoms with Crippen molar-refractivity contribution in [3.63, 3.8) is 0 Å². The van der Waals surface area contributed by atoms with Crippen molar-refractivity contribution in [3.05, 3.63) is 64.1 Å². The van der Waals surface area contributed by atoms with Crippen molar-refractivity contribution in [1.82, 2.24) is 4.98 Å². The summed E-state index contributed by atoms with van der Waals surface area (Å²) in [5.74, 6) is 0.698. The van der Waals surface area contributed by atoms with Crippen LogP contribution in [0.3, 0.4) is 0 Å². The van der Waals surface area contributed by atoms with Gasteiger partial charge in [0, 0.05) is 26.7 Å². The SMILES string of the molecule is COc1nc2ccc(Br)cc2cc1Cc1ccc(SC)cc1. The smallest absolute Gasteiger partial charge is 0.217 e. The Morgan fingerprint density at radius 2 is 1.86 bits per heavy atom. The van der Waals surface area contributed by atoms with E-state index in [2.05, 4.69) is 63.6 Å². The molecule has 0 atom stereocenters. The molecule has 0 fully saturated rings. The van der Waals surface area contributed by atoms with Gasteiger partial charge >= 0.3 is 0 Å². The van der Waals surface area contributed by atoms with Crippen LogP contribution in [0.4, 0.5) is 0 Å². The second-order valence-corrected chi connectivity index (χ2v) is 6.81. The van der Waals surface area contributed by atoms with E-state index in [9.17, 15) is 0 Å². The van der Waals surface area contributed by atoms with Gasteiger partial charge in [-0.1, -0.05) is 28.1 Å². The largest absolute Gasteiger partial charge is 0.481 e. The highest BCUT2D eigenvalue weighted by atomic mass is 79.9. The quantitative estimate of drug-likeness (QED) is 0.577. The first kappa shape index (κ1) is 15.4. The van der Waals surface area contributed by atoms with Gasteiger partial charge in [0.05, 0.1) is 12.6 Å². The molecule has 0 bridgehead atoms. The molecule has 1 heterocycles. The number of aromatic nitrogens is 1. The first-order valence-electron chi connectivity index (χ1n) is 6.95. The molecule has 0 N–H and O–H groups in total. The molecule has 0 aliphatic carbocycles. The topological polar surface area (TPSA) is 22.1 Å². The third-order valence-corrected chi connectivity index (χ3v) is 4.80. The van der Waals surface area contributed by atoms with Crippen LogP contribution in [0.2, 0.25) is 0 Å². The van der Waals surface area contributed by atoms with Crippen molar-refractivity contribution < 1.29 is 4.74 Å². The predicted molar refractivity (Wildman–Crippen MR) is 97.0 cm³/mol. The van der Waals surface area contributed by atoms with Gasteiger partial charge in [0.25, 0.3) is 0 Å². The van der Waals surface area contributed by atoms with Gasteiger partial charge in [0.2, 0.25) is 5.88 Å². The number of benzene rings is 2. The lowest BCUT2D eigenvalue weighted by Crippen LogP contribution is -1.97. The summed E-state index contributed by atoms with van der Waals surface area (Å²) in [5.41, 5.74) is 3.30. The zero-order valence-corrected chi connectivity index (χ0v) is 14.9. The van der Waals surface area contributed by atoms with E-state index in [1.165, 1.54) is 10.5 Å². The fraction of sp³-hybridized carbons (Fsp3) is 0.167. The van der Waals surface area contributed by atoms with E-state index < -0.39 is 0 Å². The number of methoxy groups -OCH3 is 1. The fourth-order valence-electron chi connectivity index (χ4n) is 2.44. The zero-order valence-electron chi connectivity index (χ0n) is 12.5. The lowest BCUT2D eigenvalue weighted by atomic mass is 10.0. The van der Waals surface area contributed by atoms with Crippen molar-refractivity contribution in [2.75, 3.05) is 13.4 Å². The predicted octanol–water partition coefficient (Wildman–Crippen LogP) is 5.32. The van der Waals surface area contributed by atoms with Gasteiger partial charge in [-0.3, -0.25) is 0 Å². The Labute approximate surface area is 143 Å². The highest BCUT2D eigenvalue weighted by Gasteiger charge is 2.09. The number of pyridine rings is 1. The normalized spacial score (nSPS) is 10.9. The Hall–Kier alpha value is -1.52. The van der Waals surface area contributed by atoms with Gasteiger partial charge in [0.15, 0.2) is 0 Å². The number of thioether (sulfide) groups is 1. The van der Waals surface area contributed by atoms with Crippen LogP contribution in [0.5, 0.6) is 5.88 Å². The molecule has 0 saturated carbocycles. The maximum absolute atomic E-state index is 5.47. The van der Waals surface area contributed by atoms with E-state index in [0.29, 0.717) is 5.88 Å². The van der Waals surface area contributed by atoms with Crippen molar-refractivity contribution in [3.8, 4) is 5.88 Å². The van der Waals surface area contributed by atoms with Crippen LogP contribution in [0.1, 0.15) is 11.1 Å². The zero-order chi connectivity index (χ0) is 15.5. The number of ether oxygens (including phenoxy) is 1. The molecule has 0 radical (unpaired) electrons. The molecule has 0 aliphatic rings. The summed E-state index contributed by atoms with van der Waals surface area (Å²) in [6, 6.07) is 16.9. The number of hydrogen-bond donors (Lipinski definition) is 0. The second kappa shape index (κ2) is 6.71. The summed E-state index contributed by atoms with van der Waals surface area (Å²) in [6.07, 6.45) is 2.90. The van der Waals surface area contributed by atoms with E-state index >= 15 is 0 Å². The van der Waals surface area contributed by atoms with Gasteiger partial charge in [0.1, 0.15) is 0 Å². The number of nitrogens with zero attached hydrogens (tertiary/aromatic N) is 1. The molecule has 2 nitrogen and oxygen atoms in total. The third kappa shape index (κ3) is 3.28. The van der Waals surface area contributed by atoms with E-state index in [-0.39, 0.29) is 0 Å². The van der Waals surface area contributed by atoms with Crippen molar-refractivity contribution in [2.45, 2.75) is 11.3 Å². The fourth-order valence-corrected chi connectivity index (χ4v) is 3.23. The monoisotopic (exact) mass is 373 g/mol. The van der Waals surface area contributed by atoms with Gasteiger partial charge in [-0.05, 0) is 48.2 Å². The minimum absolute atomic E-state index is 0.698. The minimum Gasteiger partial charge on any atom is -0.481 e. The van der Waals surface area contributed by atoms with Gasteiger partial charge in [-0.15, -0.1) is 11.8 Å². The number of hydrogen-bond acceptors (Lipinski definition) is 3. The Bertz CT molecular complexity index is 802. The number of rotatable bonds is 4. The summed E-state index contributed by atoms with van der Waals surface area (Å²) in [5, 5.41) is 1.12. The van der Waals surface area contributed by atoms with Crippen LogP contribution in [0.15, 0.2) is 57.9 Å². The molecule has 0 saturated heterocycles. The summed E-state index contributed by atoms with van der Waals surface area (Å²) >= 11 is 5.27. The van der Waals surface area contributed by atoms with E-state index in [1.54, 1.807) is 18.9 Å². The molecule has 1 aromatic heterocycles. The molecule has 112 valence electrons. The first-order chi connectivity index (χ1) is 10.7. The molecule has 0 amide bonds. The Balaban J connectivity index is 2.00. The Kier molecular flexibility index (Phi) is 4.69. The van der Waals surface area contributed by atoms with E-state index in [0.717, 1.165) is 27.4 Å². The van der Waals surface area contributed by atoms with Gasteiger partial charge < -0.3 is 4.74 Å². The minimum atomic E-state index is 0.698. The molecule has 2 aromatic carbocycles. The van der Waals surface area contributed by atoms with Crippen LogP contribution in [-0.4, -0.2) is 18.3 Å². The summed E-state index contributed by atoms with van der Waals surface area (Å²) < 4.78 is 6.53. The summed E-state index contributed by atoms with van der Waals surface area (Å²) in [4.78, 5) is 5.89. The highest BCUT2D eigenvalue weighted by Crippen LogP contribution is 2.27. The van der Waals surface area contributed by atoms with E-state index in [4.69, 9.17) is 4.74 Å².